The number of nitrogens with zero attached hydrogens (tertiary/aromatic N) is 1. The molecule has 1 fully saturated rings. The lowest BCUT2D eigenvalue weighted by molar-refractivity contribution is -0.130. The monoisotopic (exact) mass is 281 g/mol. The second-order valence-electron chi connectivity index (χ2n) is 4.95. The number of halogens is 1. The SMILES string of the molecule is CC(Sc1ccc(F)cc1)C(=O)N1CCCCCC1. The van der Waals surface area contributed by atoms with Gasteiger partial charge in [0.2, 0.25) is 5.91 Å². The van der Waals surface area contributed by atoms with Gasteiger partial charge in [-0.3, -0.25) is 4.79 Å². The summed E-state index contributed by atoms with van der Waals surface area (Å²) in [6.45, 7) is 3.70. The molecule has 0 aliphatic carbocycles. The van der Waals surface area contributed by atoms with Gasteiger partial charge in [-0.1, -0.05) is 12.8 Å². The lowest BCUT2D eigenvalue weighted by atomic mass is 10.2. The van der Waals surface area contributed by atoms with E-state index >= 15 is 0 Å². The van der Waals surface area contributed by atoms with Gasteiger partial charge in [0.15, 0.2) is 0 Å². The third kappa shape index (κ3) is 4.23. The van der Waals surface area contributed by atoms with Crippen molar-refractivity contribution in [3.05, 3.63) is 30.1 Å². The van der Waals surface area contributed by atoms with Crippen LogP contribution < -0.4 is 0 Å². The van der Waals surface area contributed by atoms with Crippen molar-refractivity contribution in [2.24, 2.45) is 0 Å². The van der Waals surface area contributed by atoms with Gasteiger partial charge in [0, 0.05) is 18.0 Å². The quantitative estimate of drug-likeness (QED) is 0.787. The molecule has 1 aliphatic rings. The van der Waals surface area contributed by atoms with Crippen molar-refractivity contribution in [3.8, 4) is 0 Å². The number of carbonyl (C=O) groups is 1. The number of amides is 1. The number of likely N-dealkylation sites (tertiary alicyclic amines) is 1. The van der Waals surface area contributed by atoms with E-state index in [1.54, 1.807) is 12.1 Å². The Kier molecular flexibility index (Phi) is 5.25. The maximum atomic E-state index is 12.8. The zero-order chi connectivity index (χ0) is 13.7. The molecule has 0 spiro atoms. The Morgan fingerprint density at radius 2 is 1.74 bits per heavy atom. The zero-order valence-corrected chi connectivity index (χ0v) is 12.1. The molecule has 19 heavy (non-hydrogen) atoms. The molecule has 2 rings (SSSR count). The number of carbonyl (C=O) groups excluding carboxylic acids is 1. The summed E-state index contributed by atoms with van der Waals surface area (Å²) in [5, 5.41) is -0.108. The Morgan fingerprint density at radius 1 is 1.16 bits per heavy atom. The highest BCUT2D eigenvalue weighted by Gasteiger charge is 2.22. The molecule has 1 atom stereocenters. The lowest BCUT2D eigenvalue weighted by Crippen LogP contribution is -2.37. The molecular weight excluding hydrogens is 261 g/mol. The molecule has 1 aromatic carbocycles. The number of rotatable bonds is 3. The zero-order valence-electron chi connectivity index (χ0n) is 11.3. The predicted molar refractivity (Wildman–Crippen MR) is 76.8 cm³/mol. The molecule has 1 unspecified atom stereocenters. The Morgan fingerprint density at radius 3 is 2.32 bits per heavy atom. The molecule has 0 saturated carbocycles. The van der Waals surface area contributed by atoms with Gasteiger partial charge < -0.3 is 4.90 Å². The first-order chi connectivity index (χ1) is 9.16. The molecule has 0 N–H and O–H groups in total. The van der Waals surface area contributed by atoms with Gasteiger partial charge in [-0.25, -0.2) is 4.39 Å². The largest absolute Gasteiger partial charge is 0.342 e. The van der Waals surface area contributed by atoms with Crippen LogP contribution in [-0.2, 0) is 4.79 Å². The normalized spacial score (nSPS) is 17.9. The first-order valence-electron chi connectivity index (χ1n) is 6.88. The molecule has 4 heteroatoms. The van der Waals surface area contributed by atoms with Crippen LogP contribution in [0.25, 0.3) is 0 Å². The van der Waals surface area contributed by atoms with E-state index in [9.17, 15) is 9.18 Å². The topological polar surface area (TPSA) is 20.3 Å². The van der Waals surface area contributed by atoms with Crippen LogP contribution in [0.15, 0.2) is 29.2 Å². The van der Waals surface area contributed by atoms with E-state index in [0.29, 0.717) is 0 Å². The van der Waals surface area contributed by atoms with Crippen LogP contribution in [-0.4, -0.2) is 29.1 Å². The van der Waals surface area contributed by atoms with Crippen molar-refractivity contribution in [3.63, 3.8) is 0 Å². The highest BCUT2D eigenvalue weighted by molar-refractivity contribution is 8.00. The fourth-order valence-corrected chi connectivity index (χ4v) is 3.27. The minimum Gasteiger partial charge on any atom is -0.342 e. The standard InChI is InChI=1S/C15H20FNOS/c1-12(19-14-8-6-13(16)7-9-14)15(18)17-10-4-2-3-5-11-17/h6-9,12H,2-5,10-11H2,1H3. The van der Waals surface area contributed by atoms with Gasteiger partial charge in [-0.15, -0.1) is 11.8 Å². The lowest BCUT2D eigenvalue weighted by Gasteiger charge is -2.23. The summed E-state index contributed by atoms with van der Waals surface area (Å²) in [4.78, 5) is 15.3. The number of hydrogen-bond donors (Lipinski definition) is 0. The van der Waals surface area contributed by atoms with Crippen LogP contribution in [0.2, 0.25) is 0 Å². The molecule has 2 nitrogen and oxygen atoms in total. The minimum absolute atomic E-state index is 0.108. The fourth-order valence-electron chi connectivity index (χ4n) is 2.32. The summed E-state index contributed by atoms with van der Waals surface area (Å²) in [5.74, 6) is -0.0351. The van der Waals surface area contributed by atoms with Gasteiger partial charge in [0.25, 0.3) is 0 Å². The highest BCUT2D eigenvalue weighted by atomic mass is 32.2. The molecular formula is C15H20FNOS. The Balaban J connectivity index is 1.92. The molecule has 0 radical (unpaired) electrons. The summed E-state index contributed by atoms with van der Waals surface area (Å²) in [5.41, 5.74) is 0. The third-order valence-electron chi connectivity index (χ3n) is 3.39. The van der Waals surface area contributed by atoms with Crippen molar-refractivity contribution in [2.75, 3.05) is 13.1 Å². The highest BCUT2D eigenvalue weighted by Crippen LogP contribution is 2.25. The Hall–Kier alpha value is -1.03. The Bertz CT molecular complexity index is 413. The van der Waals surface area contributed by atoms with Crippen LogP contribution in [0.1, 0.15) is 32.6 Å². The first-order valence-corrected chi connectivity index (χ1v) is 7.76. The van der Waals surface area contributed by atoms with E-state index in [2.05, 4.69) is 0 Å². The second kappa shape index (κ2) is 6.94. The average molecular weight is 281 g/mol. The maximum Gasteiger partial charge on any atom is 0.235 e. The van der Waals surface area contributed by atoms with E-state index in [0.717, 1.165) is 30.8 Å². The second-order valence-corrected chi connectivity index (χ2v) is 6.37. The van der Waals surface area contributed by atoms with Crippen molar-refractivity contribution in [1.82, 2.24) is 4.90 Å². The summed E-state index contributed by atoms with van der Waals surface area (Å²) in [6.07, 6.45) is 4.67. The molecule has 0 aromatic heterocycles. The van der Waals surface area contributed by atoms with E-state index < -0.39 is 0 Å². The molecule has 0 bridgehead atoms. The molecule has 1 heterocycles. The summed E-state index contributed by atoms with van der Waals surface area (Å²) >= 11 is 1.50. The van der Waals surface area contributed by atoms with Crippen molar-refractivity contribution in [2.45, 2.75) is 42.8 Å². The Labute approximate surface area is 118 Å². The molecule has 1 saturated heterocycles. The van der Waals surface area contributed by atoms with Gasteiger partial charge in [-0.2, -0.15) is 0 Å². The van der Waals surface area contributed by atoms with E-state index in [1.807, 2.05) is 11.8 Å². The van der Waals surface area contributed by atoms with Crippen molar-refractivity contribution in [1.29, 1.82) is 0 Å². The predicted octanol–water partition coefficient (Wildman–Crippen LogP) is 3.71. The van der Waals surface area contributed by atoms with Gasteiger partial charge >= 0.3 is 0 Å². The maximum absolute atomic E-state index is 12.8. The first kappa shape index (κ1) is 14.4. The minimum atomic E-state index is -0.240. The van der Waals surface area contributed by atoms with Crippen LogP contribution in [0.4, 0.5) is 4.39 Å². The number of hydrogen-bond acceptors (Lipinski definition) is 2. The van der Waals surface area contributed by atoms with Crippen molar-refractivity contribution < 1.29 is 9.18 Å². The third-order valence-corrected chi connectivity index (χ3v) is 4.49. The molecule has 1 amide bonds. The van der Waals surface area contributed by atoms with E-state index in [4.69, 9.17) is 0 Å². The van der Waals surface area contributed by atoms with Gasteiger partial charge in [-0.05, 0) is 44.0 Å². The fraction of sp³-hybridized carbons (Fsp3) is 0.533. The summed E-state index contributed by atoms with van der Waals surface area (Å²) < 4.78 is 12.8. The van der Waals surface area contributed by atoms with E-state index in [1.165, 1.54) is 36.7 Å². The van der Waals surface area contributed by atoms with Crippen LogP contribution in [0, 0.1) is 5.82 Å². The van der Waals surface area contributed by atoms with E-state index in [-0.39, 0.29) is 17.0 Å². The van der Waals surface area contributed by atoms with Gasteiger partial charge in [0.05, 0.1) is 5.25 Å². The summed E-state index contributed by atoms with van der Waals surface area (Å²) in [7, 11) is 0. The molecule has 1 aromatic rings. The molecule has 1 aliphatic heterocycles. The van der Waals surface area contributed by atoms with Crippen molar-refractivity contribution >= 4 is 17.7 Å². The summed E-state index contributed by atoms with van der Waals surface area (Å²) in [6, 6.07) is 6.33. The number of thioether (sulfide) groups is 1. The average Bonchev–Trinajstić information content (AvgIpc) is 2.69. The smallest absolute Gasteiger partial charge is 0.235 e. The molecule has 104 valence electrons. The van der Waals surface area contributed by atoms with Gasteiger partial charge in [0.1, 0.15) is 5.82 Å². The van der Waals surface area contributed by atoms with Crippen LogP contribution in [0.3, 0.4) is 0 Å². The number of benzene rings is 1. The van der Waals surface area contributed by atoms with Crippen LogP contribution in [0.5, 0.6) is 0 Å². The van der Waals surface area contributed by atoms with Crippen LogP contribution >= 0.6 is 11.8 Å².